The SMILES string of the molecule is COC(=O)c1ccc2c(c1)CCCC(c1ccc(C)cc1Cl)C2=O. The number of Topliss-reactive ketones (excluding diaryl/α,β-unsaturated/α-hetero) is 1. The fraction of sp³-hybridized carbons (Fsp3) is 0.300. The second kappa shape index (κ2) is 6.78. The van der Waals surface area contributed by atoms with E-state index in [1.807, 2.05) is 25.1 Å². The summed E-state index contributed by atoms with van der Waals surface area (Å²) in [6, 6.07) is 11.0. The molecule has 0 N–H and O–H groups in total. The molecule has 0 aromatic heterocycles. The van der Waals surface area contributed by atoms with E-state index in [2.05, 4.69) is 0 Å². The van der Waals surface area contributed by atoms with Crippen LogP contribution in [0.2, 0.25) is 5.02 Å². The highest BCUT2D eigenvalue weighted by Gasteiger charge is 2.28. The Labute approximate surface area is 146 Å². The summed E-state index contributed by atoms with van der Waals surface area (Å²) in [7, 11) is 1.36. The number of hydrogen-bond donors (Lipinski definition) is 0. The lowest BCUT2D eigenvalue weighted by Crippen LogP contribution is -2.13. The van der Waals surface area contributed by atoms with Gasteiger partial charge in [-0.3, -0.25) is 4.79 Å². The minimum atomic E-state index is -0.382. The zero-order chi connectivity index (χ0) is 17.3. The standard InChI is InChI=1S/C20H19ClO3/c1-12-6-8-16(18(21)10-12)17-5-3-4-13-11-14(20(23)24-2)7-9-15(13)19(17)22/h6-11,17H,3-5H2,1-2H3. The van der Waals surface area contributed by atoms with Crippen LogP contribution < -0.4 is 0 Å². The monoisotopic (exact) mass is 342 g/mol. The molecule has 0 bridgehead atoms. The molecule has 1 aliphatic rings. The molecule has 1 atom stereocenters. The van der Waals surface area contributed by atoms with Crippen molar-refractivity contribution in [2.75, 3.05) is 7.11 Å². The molecular weight excluding hydrogens is 324 g/mol. The lowest BCUT2D eigenvalue weighted by Gasteiger charge is -2.16. The number of fused-ring (bicyclic) bond motifs is 1. The highest BCUT2D eigenvalue weighted by Crippen LogP contribution is 2.35. The van der Waals surface area contributed by atoms with E-state index in [-0.39, 0.29) is 17.7 Å². The van der Waals surface area contributed by atoms with Crippen LogP contribution in [-0.2, 0) is 11.2 Å². The number of methoxy groups -OCH3 is 1. The van der Waals surface area contributed by atoms with Crippen molar-refractivity contribution >= 4 is 23.4 Å². The van der Waals surface area contributed by atoms with E-state index < -0.39 is 0 Å². The lowest BCUT2D eigenvalue weighted by atomic mass is 9.88. The van der Waals surface area contributed by atoms with E-state index in [0.29, 0.717) is 16.1 Å². The fourth-order valence-corrected chi connectivity index (χ4v) is 3.68. The molecular formula is C20H19ClO3. The highest BCUT2D eigenvalue weighted by atomic mass is 35.5. The summed E-state index contributed by atoms with van der Waals surface area (Å²) < 4.78 is 4.76. The first-order valence-electron chi connectivity index (χ1n) is 8.02. The summed E-state index contributed by atoms with van der Waals surface area (Å²) in [5.41, 5.74) is 4.04. The van der Waals surface area contributed by atoms with E-state index in [0.717, 1.165) is 36.0 Å². The summed E-state index contributed by atoms with van der Waals surface area (Å²) >= 11 is 6.38. The van der Waals surface area contributed by atoms with Gasteiger partial charge in [-0.15, -0.1) is 0 Å². The summed E-state index contributed by atoms with van der Waals surface area (Å²) in [5, 5.41) is 0.642. The van der Waals surface area contributed by atoms with Gasteiger partial charge in [0, 0.05) is 16.5 Å². The van der Waals surface area contributed by atoms with Gasteiger partial charge >= 0.3 is 5.97 Å². The predicted molar refractivity (Wildman–Crippen MR) is 94.0 cm³/mol. The molecule has 0 heterocycles. The number of aryl methyl sites for hydroxylation is 2. The molecule has 0 amide bonds. The fourth-order valence-electron chi connectivity index (χ4n) is 3.31. The topological polar surface area (TPSA) is 43.4 Å². The van der Waals surface area contributed by atoms with Crippen molar-refractivity contribution in [3.63, 3.8) is 0 Å². The summed E-state index contributed by atoms with van der Waals surface area (Å²) in [5.74, 6) is -0.541. The van der Waals surface area contributed by atoms with Gasteiger partial charge < -0.3 is 4.74 Å². The van der Waals surface area contributed by atoms with Crippen LogP contribution in [0.15, 0.2) is 36.4 Å². The van der Waals surface area contributed by atoms with Crippen molar-refractivity contribution in [1.29, 1.82) is 0 Å². The van der Waals surface area contributed by atoms with E-state index >= 15 is 0 Å². The number of ether oxygens (including phenoxy) is 1. The molecule has 2 aromatic carbocycles. The number of carbonyl (C=O) groups excluding carboxylic acids is 2. The Morgan fingerprint density at radius 2 is 2.00 bits per heavy atom. The maximum atomic E-state index is 13.1. The Kier molecular flexibility index (Phi) is 4.72. The minimum absolute atomic E-state index is 0.0738. The van der Waals surface area contributed by atoms with Gasteiger partial charge in [-0.05, 0) is 61.1 Å². The van der Waals surface area contributed by atoms with Crippen molar-refractivity contribution in [3.8, 4) is 0 Å². The third-order valence-electron chi connectivity index (χ3n) is 4.58. The maximum Gasteiger partial charge on any atom is 0.337 e. The van der Waals surface area contributed by atoms with Crippen molar-refractivity contribution in [3.05, 3.63) is 69.2 Å². The van der Waals surface area contributed by atoms with Gasteiger partial charge in [0.2, 0.25) is 0 Å². The quantitative estimate of drug-likeness (QED) is 0.585. The largest absolute Gasteiger partial charge is 0.465 e. The van der Waals surface area contributed by atoms with Gasteiger partial charge in [-0.25, -0.2) is 4.79 Å². The molecule has 0 saturated heterocycles. The predicted octanol–water partition coefficient (Wildman–Crippen LogP) is 4.74. The summed E-state index contributed by atoms with van der Waals surface area (Å²) in [4.78, 5) is 24.8. The lowest BCUT2D eigenvalue weighted by molar-refractivity contribution is 0.0600. The van der Waals surface area contributed by atoms with E-state index in [9.17, 15) is 9.59 Å². The summed E-state index contributed by atoms with van der Waals surface area (Å²) in [6.07, 6.45) is 2.40. The van der Waals surface area contributed by atoms with Gasteiger partial charge in [-0.1, -0.05) is 29.8 Å². The van der Waals surface area contributed by atoms with Crippen LogP contribution in [0.25, 0.3) is 0 Å². The zero-order valence-electron chi connectivity index (χ0n) is 13.8. The maximum absolute atomic E-state index is 13.1. The Morgan fingerprint density at radius 3 is 2.71 bits per heavy atom. The number of rotatable bonds is 2. The molecule has 3 rings (SSSR count). The van der Waals surface area contributed by atoms with Crippen LogP contribution >= 0.6 is 11.6 Å². The minimum Gasteiger partial charge on any atom is -0.465 e. The average Bonchev–Trinajstić information content (AvgIpc) is 2.73. The normalized spacial score (nSPS) is 17.1. The molecule has 0 saturated carbocycles. The third kappa shape index (κ3) is 3.09. The zero-order valence-corrected chi connectivity index (χ0v) is 14.5. The van der Waals surface area contributed by atoms with Crippen LogP contribution in [0.5, 0.6) is 0 Å². The summed E-state index contributed by atoms with van der Waals surface area (Å²) in [6.45, 7) is 1.98. The molecule has 4 heteroatoms. The van der Waals surface area contributed by atoms with Crippen LogP contribution in [-0.4, -0.2) is 18.9 Å². The van der Waals surface area contributed by atoms with Crippen molar-refractivity contribution in [2.45, 2.75) is 32.1 Å². The van der Waals surface area contributed by atoms with Crippen molar-refractivity contribution in [1.82, 2.24) is 0 Å². The highest BCUT2D eigenvalue weighted by molar-refractivity contribution is 6.31. The van der Waals surface area contributed by atoms with Crippen LogP contribution in [0, 0.1) is 6.92 Å². The first kappa shape index (κ1) is 16.7. The van der Waals surface area contributed by atoms with E-state index in [4.69, 9.17) is 16.3 Å². The van der Waals surface area contributed by atoms with Crippen molar-refractivity contribution in [2.24, 2.45) is 0 Å². The third-order valence-corrected chi connectivity index (χ3v) is 4.91. The number of benzene rings is 2. The number of carbonyl (C=O) groups is 2. The molecule has 1 aliphatic carbocycles. The Bertz CT molecular complexity index is 811. The molecule has 0 spiro atoms. The van der Waals surface area contributed by atoms with Crippen LogP contribution in [0.3, 0.4) is 0 Å². The molecule has 0 radical (unpaired) electrons. The van der Waals surface area contributed by atoms with Gasteiger partial charge in [0.1, 0.15) is 0 Å². The molecule has 0 fully saturated rings. The van der Waals surface area contributed by atoms with Gasteiger partial charge in [0.05, 0.1) is 12.7 Å². The van der Waals surface area contributed by atoms with Crippen molar-refractivity contribution < 1.29 is 14.3 Å². The first-order valence-corrected chi connectivity index (χ1v) is 8.40. The number of ketones is 1. The molecule has 2 aromatic rings. The average molecular weight is 343 g/mol. The molecule has 3 nitrogen and oxygen atoms in total. The van der Waals surface area contributed by atoms with Crippen LogP contribution in [0.1, 0.15) is 56.2 Å². The number of hydrogen-bond acceptors (Lipinski definition) is 3. The van der Waals surface area contributed by atoms with Gasteiger partial charge in [0.25, 0.3) is 0 Å². The molecule has 124 valence electrons. The Balaban J connectivity index is 2.00. The van der Waals surface area contributed by atoms with Gasteiger partial charge in [0.15, 0.2) is 5.78 Å². The first-order chi connectivity index (χ1) is 11.5. The Morgan fingerprint density at radius 1 is 1.21 bits per heavy atom. The van der Waals surface area contributed by atoms with Crippen LogP contribution in [0.4, 0.5) is 0 Å². The number of esters is 1. The van der Waals surface area contributed by atoms with E-state index in [1.165, 1.54) is 7.11 Å². The molecule has 1 unspecified atom stereocenters. The van der Waals surface area contributed by atoms with E-state index in [1.54, 1.807) is 18.2 Å². The smallest absolute Gasteiger partial charge is 0.337 e. The Hall–Kier alpha value is -2.13. The number of halogens is 1. The van der Waals surface area contributed by atoms with Gasteiger partial charge in [-0.2, -0.15) is 0 Å². The second-order valence-corrected chi connectivity index (χ2v) is 6.60. The second-order valence-electron chi connectivity index (χ2n) is 6.20. The molecule has 0 aliphatic heterocycles. The molecule has 24 heavy (non-hydrogen) atoms.